The summed E-state index contributed by atoms with van der Waals surface area (Å²) in [6, 6.07) is 12.3. The summed E-state index contributed by atoms with van der Waals surface area (Å²) in [7, 11) is -1.01. The number of likely N-dealkylation sites (N-methyl/N-ethyl adjacent to an activating group) is 1. The van der Waals surface area contributed by atoms with Gasteiger partial charge in [-0.15, -0.1) is 0 Å². The number of carbonyl (C=O) groups excluding carboxylic acids is 2. The molecule has 0 bridgehead atoms. The van der Waals surface area contributed by atoms with Crippen LogP contribution in [0.3, 0.4) is 0 Å². The largest absolute Gasteiger partial charge is 0.497 e. The number of sulfonamides is 1. The summed E-state index contributed by atoms with van der Waals surface area (Å²) in [6.07, 6.45) is 5.15. The highest BCUT2D eigenvalue weighted by Crippen LogP contribution is 2.21. The van der Waals surface area contributed by atoms with Crippen LogP contribution in [0.15, 0.2) is 53.4 Å². The first-order valence-electron chi connectivity index (χ1n) is 12.1. The van der Waals surface area contributed by atoms with Gasteiger partial charge in [-0.3, -0.25) is 9.59 Å². The van der Waals surface area contributed by atoms with Gasteiger partial charge in [-0.2, -0.15) is 4.31 Å². The molecule has 2 amide bonds. The minimum absolute atomic E-state index is 0.0343. The molecule has 1 aliphatic rings. The molecular weight excluding hydrogens is 502 g/mol. The van der Waals surface area contributed by atoms with Crippen LogP contribution >= 0.6 is 11.6 Å². The lowest BCUT2D eigenvalue weighted by Crippen LogP contribution is -2.52. The third kappa shape index (κ3) is 7.21. The van der Waals surface area contributed by atoms with Gasteiger partial charge in [-0.1, -0.05) is 43.0 Å². The highest BCUT2D eigenvalue weighted by atomic mass is 35.5. The van der Waals surface area contributed by atoms with Crippen molar-refractivity contribution in [3.63, 3.8) is 0 Å². The highest BCUT2D eigenvalue weighted by Gasteiger charge is 2.31. The average Bonchev–Trinajstić information content (AvgIpc) is 2.88. The molecule has 1 fully saturated rings. The summed E-state index contributed by atoms with van der Waals surface area (Å²) in [5, 5.41) is 3.49. The lowest BCUT2D eigenvalue weighted by molar-refractivity contribution is -0.141. The van der Waals surface area contributed by atoms with Gasteiger partial charge in [0.15, 0.2) is 0 Å². The second-order valence-corrected chi connectivity index (χ2v) is 11.6. The third-order valence-corrected chi connectivity index (χ3v) is 8.58. The van der Waals surface area contributed by atoms with E-state index in [1.165, 1.54) is 42.6 Å². The summed E-state index contributed by atoms with van der Waals surface area (Å²) >= 11 is 5.88. The molecule has 3 rings (SSSR count). The number of nitrogens with one attached hydrogen (secondary N) is 1. The second-order valence-electron chi connectivity index (χ2n) is 9.10. The van der Waals surface area contributed by atoms with Crippen molar-refractivity contribution < 1.29 is 22.7 Å². The van der Waals surface area contributed by atoms with Gasteiger partial charge < -0.3 is 15.0 Å². The van der Waals surface area contributed by atoms with Crippen molar-refractivity contribution in [2.45, 2.75) is 62.6 Å². The molecule has 1 N–H and O–H groups in total. The van der Waals surface area contributed by atoms with Gasteiger partial charge in [0.05, 0.1) is 18.6 Å². The Morgan fingerprint density at radius 3 is 2.25 bits per heavy atom. The standard InChI is InChI=1S/C26H34ClN3O5S/c1-19(26(32)28-22-7-5-4-6-8-22)30(17-20-9-13-23(35-3)14-10-20)25(31)18-29(2)36(33,34)24-15-11-21(27)12-16-24/h9-16,19,22H,4-8,17-18H2,1-3H3,(H,28,32). The fourth-order valence-corrected chi connectivity index (χ4v) is 5.48. The van der Waals surface area contributed by atoms with Crippen molar-refractivity contribution in [1.82, 2.24) is 14.5 Å². The summed E-state index contributed by atoms with van der Waals surface area (Å²) < 4.78 is 32.2. The normalized spacial score (nSPS) is 15.4. The molecule has 0 aliphatic heterocycles. The number of methoxy groups -OCH3 is 1. The van der Waals surface area contributed by atoms with Gasteiger partial charge in [0.2, 0.25) is 21.8 Å². The minimum atomic E-state index is -3.92. The Hall–Kier alpha value is -2.62. The van der Waals surface area contributed by atoms with Crippen molar-refractivity contribution in [2.75, 3.05) is 20.7 Å². The number of hydrogen-bond acceptors (Lipinski definition) is 5. The molecular formula is C26H34ClN3O5S. The minimum Gasteiger partial charge on any atom is -0.497 e. The number of ether oxygens (including phenoxy) is 1. The molecule has 1 aliphatic carbocycles. The number of amides is 2. The first kappa shape index (κ1) is 28.0. The number of rotatable bonds is 10. The molecule has 0 heterocycles. The Labute approximate surface area is 218 Å². The predicted octanol–water partition coefficient (Wildman–Crippen LogP) is 3.84. The van der Waals surface area contributed by atoms with E-state index in [1.54, 1.807) is 26.2 Å². The van der Waals surface area contributed by atoms with Gasteiger partial charge >= 0.3 is 0 Å². The van der Waals surface area contributed by atoms with Crippen LogP contribution in [0.2, 0.25) is 5.02 Å². The Morgan fingerprint density at radius 2 is 1.67 bits per heavy atom. The molecule has 1 unspecified atom stereocenters. The van der Waals surface area contributed by atoms with Gasteiger partial charge in [0.1, 0.15) is 11.8 Å². The van der Waals surface area contributed by atoms with E-state index in [9.17, 15) is 18.0 Å². The summed E-state index contributed by atoms with van der Waals surface area (Å²) in [5.41, 5.74) is 0.796. The average molecular weight is 536 g/mol. The fraction of sp³-hybridized carbons (Fsp3) is 0.462. The van der Waals surface area contributed by atoms with Crippen LogP contribution in [-0.4, -0.2) is 62.2 Å². The smallest absolute Gasteiger partial charge is 0.243 e. The number of carbonyl (C=O) groups is 2. The molecule has 0 saturated heterocycles. The maximum atomic E-state index is 13.4. The zero-order chi connectivity index (χ0) is 26.3. The molecule has 2 aromatic carbocycles. The zero-order valence-corrected chi connectivity index (χ0v) is 22.5. The molecule has 1 saturated carbocycles. The molecule has 10 heteroatoms. The fourth-order valence-electron chi connectivity index (χ4n) is 4.23. The highest BCUT2D eigenvalue weighted by molar-refractivity contribution is 7.89. The van der Waals surface area contributed by atoms with E-state index in [1.807, 2.05) is 12.1 Å². The van der Waals surface area contributed by atoms with Crippen LogP contribution in [0.4, 0.5) is 0 Å². The quantitative estimate of drug-likeness (QED) is 0.499. The number of halogens is 1. The Morgan fingerprint density at radius 1 is 1.06 bits per heavy atom. The number of nitrogens with zero attached hydrogens (tertiary/aromatic N) is 2. The van der Waals surface area contributed by atoms with E-state index in [0.717, 1.165) is 35.6 Å². The molecule has 8 nitrogen and oxygen atoms in total. The van der Waals surface area contributed by atoms with Crippen molar-refractivity contribution >= 4 is 33.4 Å². The summed E-state index contributed by atoms with van der Waals surface area (Å²) in [5.74, 6) is -0.0439. The third-order valence-electron chi connectivity index (χ3n) is 6.51. The van der Waals surface area contributed by atoms with E-state index in [0.29, 0.717) is 10.8 Å². The Kier molecular flexibility index (Phi) is 9.76. The molecule has 0 aromatic heterocycles. The van der Waals surface area contributed by atoms with Crippen molar-refractivity contribution in [3.8, 4) is 5.75 Å². The Bertz CT molecular complexity index is 1130. The molecule has 2 aromatic rings. The first-order chi connectivity index (χ1) is 17.1. The van der Waals surface area contributed by atoms with Crippen LogP contribution in [0.25, 0.3) is 0 Å². The first-order valence-corrected chi connectivity index (χ1v) is 13.9. The number of hydrogen-bond donors (Lipinski definition) is 1. The SMILES string of the molecule is COc1ccc(CN(C(=O)CN(C)S(=O)(=O)c2ccc(Cl)cc2)C(C)C(=O)NC2CCCCC2)cc1. The summed E-state index contributed by atoms with van der Waals surface area (Å²) in [4.78, 5) is 28.0. The van der Waals surface area contributed by atoms with Gasteiger partial charge in [-0.05, 0) is 61.7 Å². The van der Waals surface area contributed by atoms with E-state index in [4.69, 9.17) is 16.3 Å². The van der Waals surface area contributed by atoms with Gasteiger partial charge in [0, 0.05) is 24.7 Å². The molecule has 196 valence electrons. The monoisotopic (exact) mass is 535 g/mol. The topological polar surface area (TPSA) is 96.0 Å². The lowest BCUT2D eigenvalue weighted by atomic mass is 9.95. The molecule has 0 radical (unpaired) electrons. The van der Waals surface area contributed by atoms with Crippen molar-refractivity contribution in [3.05, 3.63) is 59.1 Å². The Balaban J connectivity index is 1.79. The lowest BCUT2D eigenvalue weighted by Gasteiger charge is -2.32. The van der Waals surface area contributed by atoms with E-state index < -0.39 is 28.5 Å². The zero-order valence-electron chi connectivity index (χ0n) is 20.9. The predicted molar refractivity (Wildman–Crippen MR) is 139 cm³/mol. The second kappa shape index (κ2) is 12.6. The molecule has 0 spiro atoms. The molecule has 1 atom stereocenters. The van der Waals surface area contributed by atoms with E-state index >= 15 is 0 Å². The van der Waals surface area contributed by atoms with E-state index in [-0.39, 0.29) is 23.4 Å². The van der Waals surface area contributed by atoms with Crippen LogP contribution in [0, 0.1) is 0 Å². The van der Waals surface area contributed by atoms with Crippen LogP contribution in [0.1, 0.15) is 44.6 Å². The number of benzene rings is 2. The molecule has 36 heavy (non-hydrogen) atoms. The van der Waals surface area contributed by atoms with E-state index in [2.05, 4.69) is 5.32 Å². The van der Waals surface area contributed by atoms with Crippen molar-refractivity contribution in [2.24, 2.45) is 0 Å². The van der Waals surface area contributed by atoms with Crippen LogP contribution in [-0.2, 0) is 26.2 Å². The van der Waals surface area contributed by atoms with Gasteiger partial charge in [0.25, 0.3) is 0 Å². The van der Waals surface area contributed by atoms with Crippen molar-refractivity contribution in [1.29, 1.82) is 0 Å². The van der Waals surface area contributed by atoms with Gasteiger partial charge in [-0.25, -0.2) is 8.42 Å². The summed E-state index contributed by atoms with van der Waals surface area (Å²) in [6.45, 7) is 1.41. The van der Waals surface area contributed by atoms with Crippen LogP contribution in [0.5, 0.6) is 5.75 Å². The maximum Gasteiger partial charge on any atom is 0.243 e. The maximum absolute atomic E-state index is 13.4. The van der Waals surface area contributed by atoms with Crippen LogP contribution < -0.4 is 10.1 Å².